The van der Waals surface area contributed by atoms with Crippen LogP contribution in [-0.4, -0.2) is 23.4 Å². The fourth-order valence-electron chi connectivity index (χ4n) is 1.34. The Balaban J connectivity index is 2.24. The van der Waals surface area contributed by atoms with E-state index in [1.807, 2.05) is 6.92 Å². The van der Waals surface area contributed by atoms with Gasteiger partial charge in [0.05, 0.1) is 18.1 Å². The first-order chi connectivity index (χ1) is 8.51. The number of aromatic nitrogens is 3. The highest BCUT2D eigenvalue weighted by molar-refractivity contribution is 7.92. The molecule has 0 amide bonds. The van der Waals surface area contributed by atoms with Crippen molar-refractivity contribution in [2.45, 2.75) is 18.4 Å². The van der Waals surface area contributed by atoms with E-state index in [4.69, 9.17) is 5.73 Å². The molecule has 0 spiro atoms. The molecule has 2 heterocycles. The molecule has 0 unspecified atom stereocenters. The number of nitrogens with zero attached hydrogens (tertiary/aromatic N) is 2. The van der Waals surface area contributed by atoms with Gasteiger partial charge in [-0.3, -0.25) is 4.72 Å². The van der Waals surface area contributed by atoms with Gasteiger partial charge in [0.1, 0.15) is 11.6 Å². The van der Waals surface area contributed by atoms with E-state index in [0.717, 1.165) is 0 Å². The lowest BCUT2D eigenvalue weighted by Gasteiger charge is -2.05. The van der Waals surface area contributed by atoms with Gasteiger partial charge in [0.25, 0.3) is 10.0 Å². The molecule has 0 aromatic carbocycles. The highest BCUT2D eigenvalue weighted by Gasteiger charge is 2.17. The number of nitrogen functional groups attached to an aromatic ring is 1. The average molecular weight is 267 g/mol. The lowest BCUT2D eigenvalue weighted by Crippen LogP contribution is -2.13. The van der Waals surface area contributed by atoms with Gasteiger partial charge in [0.15, 0.2) is 5.03 Å². The lowest BCUT2D eigenvalue weighted by molar-refractivity contribution is 0.598. The molecule has 8 heteroatoms. The van der Waals surface area contributed by atoms with E-state index in [9.17, 15) is 8.42 Å². The predicted octanol–water partition coefficient (Wildman–Crippen LogP) is 0.750. The molecule has 2 aromatic rings. The summed E-state index contributed by atoms with van der Waals surface area (Å²) in [4.78, 5) is 10.5. The van der Waals surface area contributed by atoms with Crippen molar-refractivity contribution < 1.29 is 8.42 Å². The molecule has 0 saturated heterocycles. The zero-order valence-electron chi connectivity index (χ0n) is 9.71. The van der Waals surface area contributed by atoms with E-state index in [0.29, 0.717) is 23.8 Å². The minimum absolute atomic E-state index is 0.0242. The summed E-state index contributed by atoms with van der Waals surface area (Å²) >= 11 is 0. The molecule has 4 N–H and O–H groups in total. The van der Waals surface area contributed by atoms with Crippen molar-refractivity contribution in [1.29, 1.82) is 0 Å². The first kappa shape index (κ1) is 12.4. The number of imidazole rings is 1. The summed E-state index contributed by atoms with van der Waals surface area (Å²) < 4.78 is 26.3. The third-order valence-electron chi connectivity index (χ3n) is 2.27. The quantitative estimate of drug-likeness (QED) is 0.756. The maximum atomic E-state index is 12.0. The molecule has 18 heavy (non-hydrogen) atoms. The summed E-state index contributed by atoms with van der Waals surface area (Å²) in [6.45, 7) is 1.88. The Hall–Kier alpha value is -2.09. The van der Waals surface area contributed by atoms with Gasteiger partial charge in [-0.1, -0.05) is 6.92 Å². The van der Waals surface area contributed by atoms with Crippen molar-refractivity contribution in [2.75, 3.05) is 10.5 Å². The minimum Gasteiger partial charge on any atom is -0.384 e. The largest absolute Gasteiger partial charge is 0.384 e. The molecular weight excluding hydrogens is 254 g/mol. The molecular formula is C10H13N5O2S. The number of nitrogens with one attached hydrogen (secondary N) is 2. The fraction of sp³-hybridized carbons (Fsp3) is 0.200. The molecule has 0 saturated carbocycles. The molecule has 2 rings (SSSR count). The summed E-state index contributed by atoms with van der Waals surface area (Å²) in [5.41, 5.74) is 5.76. The number of anilines is 2. The van der Waals surface area contributed by atoms with Crippen molar-refractivity contribution in [3.05, 3.63) is 30.4 Å². The molecule has 2 aromatic heterocycles. The van der Waals surface area contributed by atoms with Crippen LogP contribution < -0.4 is 10.5 Å². The Kier molecular flexibility index (Phi) is 3.19. The molecule has 0 aliphatic heterocycles. The fourth-order valence-corrected chi connectivity index (χ4v) is 2.32. The minimum atomic E-state index is -3.66. The van der Waals surface area contributed by atoms with E-state index < -0.39 is 10.0 Å². The van der Waals surface area contributed by atoms with Crippen LogP contribution in [0.5, 0.6) is 0 Å². The SMILES string of the molecule is CCc1ncc(S(=O)(=O)Nc2ccc(N)nc2)[nH]1. The molecule has 0 bridgehead atoms. The maximum Gasteiger partial charge on any atom is 0.279 e. The van der Waals surface area contributed by atoms with Crippen molar-refractivity contribution in [3.63, 3.8) is 0 Å². The van der Waals surface area contributed by atoms with Crippen LogP contribution in [0.25, 0.3) is 0 Å². The zero-order valence-corrected chi connectivity index (χ0v) is 10.5. The third kappa shape index (κ3) is 2.59. The summed E-state index contributed by atoms with van der Waals surface area (Å²) in [7, 11) is -3.66. The van der Waals surface area contributed by atoms with Gasteiger partial charge in [-0.25, -0.2) is 9.97 Å². The maximum absolute atomic E-state index is 12.0. The number of pyridine rings is 1. The van der Waals surface area contributed by atoms with E-state index in [2.05, 4.69) is 19.7 Å². The van der Waals surface area contributed by atoms with Crippen molar-refractivity contribution in [1.82, 2.24) is 15.0 Å². The summed E-state index contributed by atoms with van der Waals surface area (Å²) in [5, 5.41) is 0.0242. The van der Waals surface area contributed by atoms with Crippen LogP contribution in [0.15, 0.2) is 29.6 Å². The Morgan fingerprint density at radius 1 is 1.33 bits per heavy atom. The normalized spacial score (nSPS) is 11.4. The Bertz CT molecular complexity index is 633. The first-order valence-electron chi connectivity index (χ1n) is 5.29. The number of nitrogens with two attached hydrogens (primary N) is 1. The second kappa shape index (κ2) is 4.65. The van der Waals surface area contributed by atoms with Gasteiger partial charge in [0, 0.05) is 6.42 Å². The van der Waals surface area contributed by atoms with E-state index >= 15 is 0 Å². The molecule has 7 nitrogen and oxygen atoms in total. The molecule has 0 radical (unpaired) electrons. The summed E-state index contributed by atoms with van der Waals surface area (Å²) in [6, 6.07) is 3.05. The lowest BCUT2D eigenvalue weighted by atomic mass is 10.4. The standard InChI is InChI=1S/C10H13N5O2S/c1-2-9-13-6-10(14-9)18(16,17)15-7-3-4-8(11)12-5-7/h3-6,15H,2H2,1H3,(H2,11,12)(H,13,14). The van der Waals surface area contributed by atoms with Gasteiger partial charge < -0.3 is 10.7 Å². The van der Waals surface area contributed by atoms with E-state index in [-0.39, 0.29) is 5.03 Å². The molecule has 0 atom stereocenters. The monoisotopic (exact) mass is 267 g/mol. The molecule has 0 aliphatic rings. The first-order valence-corrected chi connectivity index (χ1v) is 6.78. The van der Waals surface area contributed by atoms with Gasteiger partial charge >= 0.3 is 0 Å². The summed E-state index contributed by atoms with van der Waals surface area (Å²) in [5.74, 6) is 0.943. The number of sulfonamides is 1. The summed E-state index contributed by atoms with van der Waals surface area (Å²) in [6.07, 6.45) is 3.27. The number of hydrogen-bond donors (Lipinski definition) is 3. The van der Waals surface area contributed by atoms with Gasteiger partial charge in [0.2, 0.25) is 0 Å². The molecule has 0 aliphatic carbocycles. The van der Waals surface area contributed by atoms with Crippen LogP contribution in [0.3, 0.4) is 0 Å². The van der Waals surface area contributed by atoms with Crippen LogP contribution in [0.2, 0.25) is 0 Å². The van der Waals surface area contributed by atoms with Crippen LogP contribution in [0, 0.1) is 0 Å². The molecule has 0 fully saturated rings. The van der Waals surface area contributed by atoms with E-state index in [1.165, 1.54) is 24.5 Å². The van der Waals surface area contributed by atoms with Crippen LogP contribution in [0.4, 0.5) is 11.5 Å². The number of aryl methyl sites for hydroxylation is 1. The smallest absolute Gasteiger partial charge is 0.279 e. The number of hydrogen-bond acceptors (Lipinski definition) is 5. The van der Waals surface area contributed by atoms with Crippen LogP contribution in [-0.2, 0) is 16.4 Å². The average Bonchev–Trinajstić information content (AvgIpc) is 2.81. The second-order valence-corrected chi connectivity index (χ2v) is 5.28. The highest BCUT2D eigenvalue weighted by Crippen LogP contribution is 2.14. The van der Waals surface area contributed by atoms with Gasteiger partial charge in [-0.15, -0.1) is 0 Å². The topological polar surface area (TPSA) is 114 Å². The molecule has 96 valence electrons. The Morgan fingerprint density at radius 2 is 2.11 bits per heavy atom. The van der Waals surface area contributed by atoms with Crippen molar-refractivity contribution >= 4 is 21.5 Å². The highest BCUT2D eigenvalue weighted by atomic mass is 32.2. The predicted molar refractivity (Wildman–Crippen MR) is 67.4 cm³/mol. The van der Waals surface area contributed by atoms with Crippen LogP contribution >= 0.6 is 0 Å². The van der Waals surface area contributed by atoms with Crippen molar-refractivity contribution in [3.8, 4) is 0 Å². The number of H-pyrrole nitrogens is 1. The Morgan fingerprint density at radius 3 is 2.67 bits per heavy atom. The second-order valence-electron chi connectivity index (χ2n) is 3.62. The third-order valence-corrected chi connectivity index (χ3v) is 3.56. The zero-order chi connectivity index (χ0) is 13.2. The number of aromatic amines is 1. The van der Waals surface area contributed by atoms with Gasteiger partial charge in [-0.05, 0) is 12.1 Å². The van der Waals surface area contributed by atoms with Crippen LogP contribution in [0.1, 0.15) is 12.7 Å². The van der Waals surface area contributed by atoms with Gasteiger partial charge in [-0.2, -0.15) is 8.42 Å². The van der Waals surface area contributed by atoms with Crippen molar-refractivity contribution in [2.24, 2.45) is 0 Å². The van der Waals surface area contributed by atoms with E-state index in [1.54, 1.807) is 0 Å². The Labute approximate surface area is 105 Å². The number of rotatable bonds is 4.